The molecule has 154 valence electrons. The Morgan fingerprint density at radius 1 is 1.21 bits per heavy atom. The van der Waals surface area contributed by atoms with Gasteiger partial charge in [-0.1, -0.05) is 45.0 Å². The third-order valence-corrected chi connectivity index (χ3v) is 5.92. The molecule has 0 saturated heterocycles. The van der Waals surface area contributed by atoms with Crippen LogP contribution >= 0.6 is 11.3 Å². The molecule has 0 radical (unpaired) electrons. The van der Waals surface area contributed by atoms with Gasteiger partial charge >= 0.3 is 0 Å². The van der Waals surface area contributed by atoms with Crippen LogP contribution in [0.5, 0.6) is 0 Å². The molecule has 0 bridgehead atoms. The van der Waals surface area contributed by atoms with Crippen LogP contribution in [0.15, 0.2) is 34.4 Å². The molecule has 6 heteroatoms. The Bertz CT molecular complexity index is 1070. The molecule has 0 unspecified atom stereocenters. The van der Waals surface area contributed by atoms with Gasteiger partial charge in [0, 0.05) is 37.4 Å². The molecule has 0 aliphatic carbocycles. The van der Waals surface area contributed by atoms with E-state index in [-0.39, 0.29) is 16.8 Å². The quantitative estimate of drug-likeness (QED) is 0.569. The van der Waals surface area contributed by atoms with Gasteiger partial charge in [0.1, 0.15) is 16.4 Å². The lowest BCUT2D eigenvalue weighted by molar-refractivity contribution is -0.117. The number of benzene rings is 1. The summed E-state index contributed by atoms with van der Waals surface area (Å²) < 4.78 is 6.81. The lowest BCUT2D eigenvalue weighted by Gasteiger charge is -2.19. The van der Waals surface area contributed by atoms with Crippen molar-refractivity contribution in [2.75, 3.05) is 13.7 Å². The van der Waals surface area contributed by atoms with E-state index in [9.17, 15) is 9.59 Å². The summed E-state index contributed by atoms with van der Waals surface area (Å²) in [6, 6.07) is 8.38. The maximum atomic E-state index is 13.4. The molecule has 0 aliphatic heterocycles. The second-order valence-corrected chi connectivity index (χ2v) is 9.19. The predicted molar refractivity (Wildman–Crippen MR) is 119 cm³/mol. The number of fused-ring (bicyclic) bond motifs is 1. The van der Waals surface area contributed by atoms with Crippen LogP contribution in [0.2, 0.25) is 0 Å². The van der Waals surface area contributed by atoms with E-state index in [2.05, 4.69) is 45.0 Å². The molecule has 29 heavy (non-hydrogen) atoms. The van der Waals surface area contributed by atoms with E-state index in [1.54, 1.807) is 18.6 Å². The average Bonchev–Trinajstić information content (AvgIpc) is 3.09. The fraction of sp³-hybridized carbons (Fsp3) is 0.435. The summed E-state index contributed by atoms with van der Waals surface area (Å²) in [6.45, 7) is 8.90. The fourth-order valence-corrected chi connectivity index (χ4v) is 4.27. The van der Waals surface area contributed by atoms with Crippen molar-refractivity contribution >= 4 is 27.3 Å². The second-order valence-electron chi connectivity index (χ2n) is 8.34. The van der Waals surface area contributed by atoms with Crippen molar-refractivity contribution < 1.29 is 9.53 Å². The first kappa shape index (κ1) is 21.4. The molecule has 2 heterocycles. The summed E-state index contributed by atoms with van der Waals surface area (Å²) in [5.74, 6) is 0.722. The Morgan fingerprint density at radius 3 is 2.48 bits per heavy atom. The minimum atomic E-state index is -0.0847. The Morgan fingerprint density at radius 2 is 1.90 bits per heavy atom. The molecule has 0 spiro atoms. The minimum Gasteiger partial charge on any atom is -0.384 e. The van der Waals surface area contributed by atoms with Gasteiger partial charge in [0.25, 0.3) is 5.56 Å². The third kappa shape index (κ3) is 4.65. The first-order valence-electron chi connectivity index (χ1n) is 9.82. The van der Waals surface area contributed by atoms with Crippen LogP contribution < -0.4 is 5.56 Å². The van der Waals surface area contributed by atoms with Gasteiger partial charge in [0.2, 0.25) is 0 Å². The van der Waals surface area contributed by atoms with Gasteiger partial charge in [0.05, 0.1) is 12.0 Å². The number of nitrogens with zero attached hydrogens (tertiary/aromatic N) is 2. The van der Waals surface area contributed by atoms with Gasteiger partial charge in [-0.25, -0.2) is 4.98 Å². The number of Topliss-reactive ketones (excluding diaryl/α,β-unsaturated/α-hetero) is 1. The van der Waals surface area contributed by atoms with Gasteiger partial charge in [-0.05, 0) is 23.5 Å². The predicted octanol–water partition coefficient (Wildman–Crippen LogP) is 4.59. The minimum absolute atomic E-state index is 0.0537. The zero-order chi connectivity index (χ0) is 21.2. The number of aromatic nitrogens is 2. The van der Waals surface area contributed by atoms with Gasteiger partial charge in [0.15, 0.2) is 0 Å². The molecule has 0 N–H and O–H groups in total. The van der Waals surface area contributed by atoms with E-state index in [4.69, 9.17) is 9.72 Å². The number of methoxy groups -OCH3 is 1. The normalized spacial score (nSPS) is 11.9. The first-order chi connectivity index (χ1) is 13.7. The van der Waals surface area contributed by atoms with Gasteiger partial charge in [-0.15, -0.1) is 11.3 Å². The lowest BCUT2D eigenvalue weighted by atomic mass is 9.86. The summed E-state index contributed by atoms with van der Waals surface area (Å²) in [5.41, 5.74) is 3.15. The SMILES string of the molecule is COCCc1nc2scc(-c3ccc(C(C)(C)C)cc3)c2c(=O)n1CCC(C)=O. The van der Waals surface area contributed by atoms with Crippen LogP contribution in [0.4, 0.5) is 0 Å². The van der Waals surface area contributed by atoms with E-state index in [0.29, 0.717) is 37.2 Å². The van der Waals surface area contributed by atoms with E-state index < -0.39 is 0 Å². The molecule has 1 aromatic carbocycles. The summed E-state index contributed by atoms with van der Waals surface area (Å²) >= 11 is 1.48. The number of hydrogen-bond acceptors (Lipinski definition) is 5. The summed E-state index contributed by atoms with van der Waals surface area (Å²) in [7, 11) is 1.63. The molecular formula is C23H28N2O3S. The zero-order valence-electron chi connectivity index (χ0n) is 17.7. The van der Waals surface area contributed by atoms with Gasteiger partial charge in [-0.2, -0.15) is 0 Å². The standard InChI is InChI=1S/C23H28N2O3S/c1-15(26)10-12-25-19(11-13-28-5)24-21-20(22(25)27)18(14-29-21)16-6-8-17(9-7-16)23(2,3)4/h6-9,14H,10-13H2,1-5H3. The summed E-state index contributed by atoms with van der Waals surface area (Å²) in [6.07, 6.45) is 0.847. The van der Waals surface area contributed by atoms with E-state index >= 15 is 0 Å². The average molecular weight is 413 g/mol. The highest BCUT2D eigenvalue weighted by molar-refractivity contribution is 7.17. The van der Waals surface area contributed by atoms with Crippen molar-refractivity contribution in [3.05, 3.63) is 51.4 Å². The number of rotatable bonds is 7. The molecule has 3 aromatic rings. The number of thiophene rings is 1. The largest absolute Gasteiger partial charge is 0.384 e. The molecule has 2 aromatic heterocycles. The smallest absolute Gasteiger partial charge is 0.262 e. The molecule has 0 saturated carbocycles. The Hall–Kier alpha value is -2.31. The maximum absolute atomic E-state index is 13.4. The van der Waals surface area contributed by atoms with Crippen molar-refractivity contribution in [2.45, 2.75) is 52.5 Å². The topological polar surface area (TPSA) is 61.2 Å². The van der Waals surface area contributed by atoms with Crippen molar-refractivity contribution in [3.8, 4) is 11.1 Å². The molecule has 0 amide bonds. The van der Waals surface area contributed by atoms with Crippen molar-refractivity contribution in [1.29, 1.82) is 0 Å². The van der Waals surface area contributed by atoms with Crippen LogP contribution in [0.3, 0.4) is 0 Å². The molecule has 0 fully saturated rings. The Balaban J connectivity index is 2.12. The highest BCUT2D eigenvalue weighted by Crippen LogP contribution is 2.32. The highest BCUT2D eigenvalue weighted by atomic mass is 32.1. The fourth-order valence-electron chi connectivity index (χ4n) is 3.31. The summed E-state index contributed by atoms with van der Waals surface area (Å²) in [4.78, 5) is 30.4. The Labute approximate surface area is 175 Å². The van der Waals surface area contributed by atoms with Crippen LogP contribution in [-0.2, 0) is 27.9 Å². The molecule has 5 nitrogen and oxygen atoms in total. The van der Waals surface area contributed by atoms with Crippen molar-refractivity contribution in [3.63, 3.8) is 0 Å². The zero-order valence-corrected chi connectivity index (χ0v) is 18.6. The third-order valence-electron chi connectivity index (χ3n) is 5.05. The maximum Gasteiger partial charge on any atom is 0.262 e. The lowest BCUT2D eigenvalue weighted by Crippen LogP contribution is -2.26. The molecular weight excluding hydrogens is 384 g/mol. The first-order valence-corrected chi connectivity index (χ1v) is 10.7. The van der Waals surface area contributed by atoms with Crippen LogP contribution in [0.1, 0.15) is 45.5 Å². The van der Waals surface area contributed by atoms with Crippen LogP contribution in [0.25, 0.3) is 21.3 Å². The van der Waals surface area contributed by atoms with Gasteiger partial charge < -0.3 is 4.74 Å². The second kappa shape index (κ2) is 8.59. The van der Waals surface area contributed by atoms with Crippen LogP contribution in [-0.4, -0.2) is 29.1 Å². The van der Waals surface area contributed by atoms with E-state index in [1.807, 2.05) is 5.38 Å². The number of carbonyl (C=O) groups is 1. The van der Waals surface area contributed by atoms with E-state index in [0.717, 1.165) is 16.0 Å². The number of hydrogen-bond donors (Lipinski definition) is 0. The number of ketones is 1. The van der Waals surface area contributed by atoms with E-state index in [1.165, 1.54) is 16.9 Å². The highest BCUT2D eigenvalue weighted by Gasteiger charge is 2.18. The number of carbonyl (C=O) groups excluding carboxylic acids is 1. The van der Waals surface area contributed by atoms with Crippen LogP contribution in [0, 0.1) is 0 Å². The Kier molecular flexibility index (Phi) is 6.34. The molecule has 3 rings (SSSR count). The van der Waals surface area contributed by atoms with Crippen molar-refractivity contribution in [2.24, 2.45) is 0 Å². The summed E-state index contributed by atoms with van der Waals surface area (Å²) in [5, 5.41) is 2.63. The van der Waals surface area contributed by atoms with Crippen molar-refractivity contribution in [1.82, 2.24) is 9.55 Å². The molecule has 0 atom stereocenters. The number of ether oxygens (including phenoxy) is 1. The molecule has 0 aliphatic rings. The van der Waals surface area contributed by atoms with Gasteiger partial charge in [-0.3, -0.25) is 14.2 Å². The monoisotopic (exact) mass is 412 g/mol.